The van der Waals surface area contributed by atoms with Crippen LogP contribution in [0.5, 0.6) is 0 Å². The molecule has 5 nitrogen and oxygen atoms in total. The number of benzene rings is 2. The van der Waals surface area contributed by atoms with Crippen LogP contribution >= 0.6 is 0 Å². The lowest BCUT2D eigenvalue weighted by molar-refractivity contribution is 0.647. The molecule has 0 spiro atoms. The number of aromatic nitrogens is 2. The van der Waals surface area contributed by atoms with Crippen LogP contribution in [0.25, 0.3) is 0 Å². The van der Waals surface area contributed by atoms with E-state index in [1.165, 1.54) is 11.1 Å². The first-order valence-electron chi connectivity index (χ1n) is 9.12. The minimum atomic E-state index is 0.678. The molecule has 138 valence electrons. The summed E-state index contributed by atoms with van der Waals surface area (Å²) in [7, 11) is 2.01. The number of imidazole rings is 1. The number of nitriles is 1. The summed E-state index contributed by atoms with van der Waals surface area (Å²) in [5.41, 5.74) is 5.50. The minimum absolute atomic E-state index is 0.678. The molecule has 0 aliphatic rings. The Labute approximate surface area is 160 Å². The Bertz CT molecular complexity index is 888. The molecule has 3 rings (SSSR count). The predicted octanol–water partition coefficient (Wildman–Crippen LogP) is 3.40. The van der Waals surface area contributed by atoms with Gasteiger partial charge in [-0.1, -0.05) is 29.8 Å². The third-order valence-electron chi connectivity index (χ3n) is 4.64. The van der Waals surface area contributed by atoms with Crippen LogP contribution in [0.1, 0.15) is 22.4 Å². The average Bonchev–Trinajstić information content (AvgIpc) is 3.10. The average molecular weight is 359 g/mol. The predicted molar refractivity (Wildman–Crippen MR) is 108 cm³/mol. The van der Waals surface area contributed by atoms with Crippen molar-refractivity contribution in [2.75, 3.05) is 18.0 Å². The number of rotatable bonds is 8. The van der Waals surface area contributed by atoms with E-state index in [9.17, 15) is 0 Å². The van der Waals surface area contributed by atoms with E-state index in [4.69, 9.17) is 5.26 Å². The van der Waals surface area contributed by atoms with E-state index in [0.717, 1.165) is 37.6 Å². The van der Waals surface area contributed by atoms with Crippen molar-refractivity contribution >= 4 is 5.69 Å². The normalized spacial score (nSPS) is 10.6. The lowest BCUT2D eigenvalue weighted by atomic mass is 10.1. The molecule has 0 amide bonds. The molecular weight excluding hydrogens is 334 g/mol. The molecule has 1 heterocycles. The zero-order valence-corrected chi connectivity index (χ0v) is 15.9. The van der Waals surface area contributed by atoms with Gasteiger partial charge in [0.1, 0.15) is 0 Å². The second-order valence-electron chi connectivity index (χ2n) is 6.74. The van der Waals surface area contributed by atoms with Gasteiger partial charge in [0.2, 0.25) is 0 Å². The molecule has 0 fully saturated rings. The maximum Gasteiger partial charge on any atom is 0.0991 e. The Morgan fingerprint density at radius 2 is 1.85 bits per heavy atom. The van der Waals surface area contributed by atoms with Crippen LogP contribution in [-0.4, -0.2) is 22.6 Å². The van der Waals surface area contributed by atoms with Gasteiger partial charge in [0.05, 0.1) is 30.2 Å². The lowest BCUT2D eigenvalue weighted by Crippen LogP contribution is -2.32. The van der Waals surface area contributed by atoms with Crippen molar-refractivity contribution in [2.45, 2.75) is 20.0 Å². The smallest absolute Gasteiger partial charge is 0.0991 e. The fourth-order valence-corrected chi connectivity index (χ4v) is 2.93. The van der Waals surface area contributed by atoms with E-state index in [0.29, 0.717) is 5.56 Å². The first kappa shape index (κ1) is 18.7. The van der Waals surface area contributed by atoms with Gasteiger partial charge in [-0.15, -0.1) is 0 Å². The SMILES string of the molecule is Cc1ccc(CNCCN(Cc2cncn2C)c2ccc(C#N)cc2)cc1. The zero-order chi connectivity index (χ0) is 19.1. The van der Waals surface area contributed by atoms with Gasteiger partial charge in [0.15, 0.2) is 0 Å². The molecule has 0 aliphatic heterocycles. The van der Waals surface area contributed by atoms with Crippen molar-refractivity contribution in [1.29, 1.82) is 5.26 Å². The number of nitrogens with one attached hydrogen (secondary N) is 1. The van der Waals surface area contributed by atoms with Gasteiger partial charge in [-0.3, -0.25) is 0 Å². The Morgan fingerprint density at radius 3 is 2.48 bits per heavy atom. The van der Waals surface area contributed by atoms with E-state index in [1.807, 2.05) is 48.4 Å². The molecule has 0 atom stereocenters. The Balaban J connectivity index is 1.63. The van der Waals surface area contributed by atoms with Crippen molar-refractivity contribution in [2.24, 2.45) is 7.05 Å². The molecule has 5 heteroatoms. The molecular formula is C22H25N5. The highest BCUT2D eigenvalue weighted by Gasteiger charge is 2.10. The quantitative estimate of drug-likeness (QED) is 0.626. The van der Waals surface area contributed by atoms with Crippen LogP contribution in [0.3, 0.4) is 0 Å². The van der Waals surface area contributed by atoms with Gasteiger partial charge in [0.25, 0.3) is 0 Å². The summed E-state index contributed by atoms with van der Waals surface area (Å²) < 4.78 is 2.04. The molecule has 0 unspecified atom stereocenters. The molecule has 1 N–H and O–H groups in total. The first-order valence-corrected chi connectivity index (χ1v) is 9.12. The topological polar surface area (TPSA) is 56.9 Å². The maximum absolute atomic E-state index is 9.02. The minimum Gasteiger partial charge on any atom is -0.364 e. The second-order valence-corrected chi connectivity index (χ2v) is 6.74. The Hall–Kier alpha value is -3.10. The summed E-state index contributed by atoms with van der Waals surface area (Å²) in [4.78, 5) is 6.52. The summed E-state index contributed by atoms with van der Waals surface area (Å²) in [5.74, 6) is 0. The van der Waals surface area contributed by atoms with Crippen molar-refractivity contribution < 1.29 is 0 Å². The number of anilines is 1. The van der Waals surface area contributed by atoms with Gasteiger partial charge < -0.3 is 14.8 Å². The number of nitrogens with zero attached hydrogens (tertiary/aromatic N) is 4. The van der Waals surface area contributed by atoms with Gasteiger partial charge >= 0.3 is 0 Å². The van der Waals surface area contributed by atoms with E-state index < -0.39 is 0 Å². The lowest BCUT2D eigenvalue weighted by Gasteiger charge is -2.25. The number of hydrogen-bond acceptors (Lipinski definition) is 4. The highest BCUT2D eigenvalue weighted by atomic mass is 15.2. The third kappa shape index (κ3) is 5.19. The molecule has 0 aliphatic carbocycles. The highest BCUT2D eigenvalue weighted by Crippen LogP contribution is 2.17. The van der Waals surface area contributed by atoms with E-state index in [2.05, 4.69) is 52.5 Å². The van der Waals surface area contributed by atoms with Gasteiger partial charge in [0, 0.05) is 38.6 Å². The zero-order valence-electron chi connectivity index (χ0n) is 15.9. The van der Waals surface area contributed by atoms with Gasteiger partial charge in [-0.2, -0.15) is 5.26 Å². The fraction of sp³-hybridized carbons (Fsp3) is 0.273. The first-order chi connectivity index (χ1) is 13.2. The van der Waals surface area contributed by atoms with Crippen molar-refractivity contribution in [3.63, 3.8) is 0 Å². The van der Waals surface area contributed by atoms with E-state index >= 15 is 0 Å². The van der Waals surface area contributed by atoms with Crippen molar-refractivity contribution in [1.82, 2.24) is 14.9 Å². The summed E-state index contributed by atoms with van der Waals surface area (Å²) in [6.45, 7) is 5.46. The molecule has 0 bridgehead atoms. The molecule has 2 aromatic carbocycles. The van der Waals surface area contributed by atoms with Crippen LogP contribution in [0.2, 0.25) is 0 Å². The van der Waals surface area contributed by atoms with Crippen molar-refractivity contribution in [3.8, 4) is 6.07 Å². The van der Waals surface area contributed by atoms with Crippen LogP contribution in [0.15, 0.2) is 61.1 Å². The number of hydrogen-bond donors (Lipinski definition) is 1. The molecule has 3 aromatic rings. The Kier molecular flexibility index (Phi) is 6.24. The summed E-state index contributed by atoms with van der Waals surface area (Å²) in [5, 5.41) is 12.5. The second kappa shape index (κ2) is 9.02. The third-order valence-corrected chi connectivity index (χ3v) is 4.64. The molecule has 0 saturated heterocycles. The van der Waals surface area contributed by atoms with Crippen LogP contribution in [0.4, 0.5) is 5.69 Å². The largest absolute Gasteiger partial charge is 0.364 e. The van der Waals surface area contributed by atoms with Crippen LogP contribution < -0.4 is 10.2 Å². The van der Waals surface area contributed by atoms with E-state index in [-0.39, 0.29) is 0 Å². The van der Waals surface area contributed by atoms with Gasteiger partial charge in [-0.05, 0) is 36.8 Å². The van der Waals surface area contributed by atoms with Crippen LogP contribution in [-0.2, 0) is 20.1 Å². The standard InChI is InChI=1S/C22H25N5/c1-18-3-5-20(6-4-18)14-24-11-12-27(16-22-15-25-17-26(22)2)21-9-7-19(13-23)8-10-21/h3-10,15,17,24H,11-12,14,16H2,1-2H3. The molecule has 1 aromatic heterocycles. The summed E-state index contributed by atoms with van der Waals surface area (Å²) in [6, 6.07) is 18.5. The fourth-order valence-electron chi connectivity index (χ4n) is 2.93. The number of aryl methyl sites for hydroxylation is 2. The summed E-state index contributed by atoms with van der Waals surface area (Å²) >= 11 is 0. The Morgan fingerprint density at radius 1 is 1.11 bits per heavy atom. The van der Waals surface area contributed by atoms with Crippen molar-refractivity contribution in [3.05, 3.63) is 83.4 Å². The molecule has 0 saturated carbocycles. The molecule has 0 radical (unpaired) electrons. The highest BCUT2D eigenvalue weighted by molar-refractivity contribution is 5.50. The van der Waals surface area contributed by atoms with E-state index in [1.54, 1.807) is 0 Å². The summed E-state index contributed by atoms with van der Waals surface area (Å²) in [6.07, 6.45) is 3.72. The maximum atomic E-state index is 9.02. The molecule has 27 heavy (non-hydrogen) atoms. The van der Waals surface area contributed by atoms with Crippen LogP contribution in [0, 0.1) is 18.3 Å². The monoisotopic (exact) mass is 359 g/mol. The van der Waals surface area contributed by atoms with Gasteiger partial charge in [-0.25, -0.2) is 4.98 Å².